The fourth-order valence-corrected chi connectivity index (χ4v) is 5.55. The summed E-state index contributed by atoms with van der Waals surface area (Å²) in [5.74, 6) is 0.467. The van der Waals surface area contributed by atoms with Gasteiger partial charge in [0.05, 0.1) is 19.5 Å². The maximum Gasteiger partial charge on any atom is 0.278 e. The molecule has 5 unspecified atom stereocenters. The quantitative estimate of drug-likeness (QED) is 0.397. The number of nitrogens with zero attached hydrogens (tertiary/aromatic N) is 2. The van der Waals surface area contributed by atoms with Gasteiger partial charge in [-0.15, -0.1) is 0 Å². The second-order valence-corrected chi connectivity index (χ2v) is 8.92. The van der Waals surface area contributed by atoms with Gasteiger partial charge >= 0.3 is 0 Å². The summed E-state index contributed by atoms with van der Waals surface area (Å²) in [6.07, 6.45) is 6.95. The van der Waals surface area contributed by atoms with Gasteiger partial charge in [-0.25, -0.2) is 0 Å². The van der Waals surface area contributed by atoms with Crippen molar-refractivity contribution in [2.24, 2.45) is 0 Å². The van der Waals surface area contributed by atoms with Crippen LogP contribution in [0.25, 0.3) is 0 Å². The predicted octanol–water partition coefficient (Wildman–Crippen LogP) is -4.25. The number of nitrogens with two attached hydrogens (primary N) is 1. The Morgan fingerprint density at radius 3 is 2.81 bits per heavy atom. The lowest BCUT2D eigenvalue weighted by Gasteiger charge is -2.39. The van der Waals surface area contributed by atoms with Gasteiger partial charge in [-0.05, 0) is 12.8 Å². The van der Waals surface area contributed by atoms with Crippen LogP contribution in [0.3, 0.4) is 0 Å². The number of amides is 2. The summed E-state index contributed by atoms with van der Waals surface area (Å²) < 4.78 is 0. The Morgan fingerprint density at radius 1 is 1.26 bits per heavy atom. The first-order valence-corrected chi connectivity index (χ1v) is 10.9. The highest BCUT2D eigenvalue weighted by molar-refractivity contribution is 5.81. The fourth-order valence-electron chi connectivity index (χ4n) is 5.55. The van der Waals surface area contributed by atoms with Crippen molar-refractivity contribution in [2.45, 2.75) is 62.8 Å². The van der Waals surface area contributed by atoms with Gasteiger partial charge in [0.2, 0.25) is 5.91 Å². The van der Waals surface area contributed by atoms with E-state index in [0.717, 1.165) is 45.6 Å². The third-order valence-electron chi connectivity index (χ3n) is 7.14. The monoisotopic (exact) mass is 381 g/mol. The van der Waals surface area contributed by atoms with Crippen molar-refractivity contribution in [1.82, 2.24) is 15.1 Å². The number of fused-ring (bicyclic) bond motifs is 1. The molecule has 0 aromatic rings. The number of piperazine rings is 2. The maximum absolute atomic E-state index is 12.7. The summed E-state index contributed by atoms with van der Waals surface area (Å²) in [5.41, 5.74) is 4.16. The molecule has 0 aliphatic carbocycles. The third kappa shape index (κ3) is 4.29. The first-order valence-electron chi connectivity index (χ1n) is 10.9. The molecule has 4 rings (SSSR count). The van der Waals surface area contributed by atoms with Gasteiger partial charge < -0.3 is 26.2 Å². The van der Waals surface area contributed by atoms with Gasteiger partial charge in [0.25, 0.3) is 5.91 Å². The van der Waals surface area contributed by atoms with Crippen LogP contribution in [0.2, 0.25) is 0 Å². The topological polar surface area (TPSA) is 101 Å². The smallest absolute Gasteiger partial charge is 0.278 e. The zero-order chi connectivity index (χ0) is 18.8. The van der Waals surface area contributed by atoms with Gasteiger partial charge in [-0.3, -0.25) is 14.5 Å². The van der Waals surface area contributed by atoms with Gasteiger partial charge in [-0.1, -0.05) is 0 Å². The Morgan fingerprint density at radius 2 is 2.07 bits per heavy atom. The summed E-state index contributed by atoms with van der Waals surface area (Å²) in [5, 5.41) is 5.52. The number of hydrogen-bond donors (Lipinski definition) is 4. The van der Waals surface area contributed by atoms with Crippen molar-refractivity contribution in [3.8, 4) is 0 Å². The van der Waals surface area contributed by atoms with E-state index in [1.807, 2.05) is 0 Å². The van der Waals surface area contributed by atoms with Crippen molar-refractivity contribution in [2.75, 3.05) is 45.8 Å². The lowest BCUT2D eigenvalue weighted by molar-refractivity contribution is -0.934. The average molecular weight is 382 g/mol. The molecule has 27 heavy (non-hydrogen) atoms. The van der Waals surface area contributed by atoms with E-state index < -0.39 is 0 Å². The Kier molecular flexibility index (Phi) is 5.96. The van der Waals surface area contributed by atoms with Gasteiger partial charge in [0.1, 0.15) is 24.8 Å². The van der Waals surface area contributed by atoms with Crippen LogP contribution in [0.15, 0.2) is 0 Å². The van der Waals surface area contributed by atoms with Gasteiger partial charge in [0, 0.05) is 45.4 Å². The fraction of sp³-hybridized carbons (Fsp3) is 0.895. The number of piperidine rings is 1. The highest BCUT2D eigenvalue weighted by atomic mass is 16.2. The lowest BCUT2D eigenvalue weighted by Crippen LogP contribution is -3.21. The molecule has 2 amide bonds. The zero-order valence-electron chi connectivity index (χ0n) is 16.5. The molecule has 7 N–H and O–H groups in total. The summed E-state index contributed by atoms with van der Waals surface area (Å²) >= 11 is 0. The lowest BCUT2D eigenvalue weighted by atomic mass is 10.0. The van der Waals surface area contributed by atoms with Crippen LogP contribution in [0, 0.1) is 0 Å². The summed E-state index contributed by atoms with van der Waals surface area (Å²) in [4.78, 5) is 30.8. The summed E-state index contributed by atoms with van der Waals surface area (Å²) in [6.45, 7) is 6.67. The van der Waals surface area contributed by atoms with Crippen LogP contribution in [-0.4, -0.2) is 91.7 Å². The molecular formula is C19H37N6O2+3. The van der Waals surface area contributed by atoms with E-state index in [9.17, 15) is 9.59 Å². The first kappa shape index (κ1) is 19.1. The van der Waals surface area contributed by atoms with Crippen LogP contribution < -0.4 is 21.3 Å². The van der Waals surface area contributed by atoms with Crippen LogP contribution in [0.1, 0.15) is 38.5 Å². The van der Waals surface area contributed by atoms with E-state index in [4.69, 9.17) is 0 Å². The Balaban J connectivity index is 1.22. The molecule has 4 fully saturated rings. The summed E-state index contributed by atoms with van der Waals surface area (Å²) in [6, 6.07) is 0.773. The number of rotatable bonds is 4. The molecule has 0 radical (unpaired) electrons. The average Bonchev–Trinajstić information content (AvgIpc) is 3.11. The highest BCUT2D eigenvalue weighted by Crippen LogP contribution is 2.12. The molecule has 8 nitrogen and oxygen atoms in total. The van der Waals surface area contributed by atoms with Crippen molar-refractivity contribution in [3.05, 3.63) is 0 Å². The molecule has 4 heterocycles. The standard InChI is InChI=1S/C19H34N6O2/c20-14-11-16-19(27)22-12-15(25(16)13-14)4-5-18(26)24-9-7-23(8-10-24)17-3-1-2-6-21-17/h14-17,21H,1-13,20H2,(H,22,27)/p+3. The van der Waals surface area contributed by atoms with Crippen LogP contribution in [-0.2, 0) is 9.59 Å². The molecule has 0 spiro atoms. The number of carbonyl (C=O) groups is 2. The molecule has 5 atom stereocenters. The molecular weight excluding hydrogens is 344 g/mol. The molecule has 0 aromatic heterocycles. The van der Waals surface area contributed by atoms with E-state index in [1.165, 1.54) is 30.7 Å². The van der Waals surface area contributed by atoms with E-state index in [-0.39, 0.29) is 11.9 Å². The second kappa shape index (κ2) is 8.43. The molecule has 0 bridgehead atoms. The minimum Gasteiger partial charge on any atom is -0.350 e. The van der Waals surface area contributed by atoms with Crippen molar-refractivity contribution in [3.63, 3.8) is 0 Å². The van der Waals surface area contributed by atoms with Crippen molar-refractivity contribution >= 4 is 11.8 Å². The minimum absolute atomic E-state index is 0.0524. The minimum atomic E-state index is 0.0524. The predicted molar refractivity (Wildman–Crippen MR) is 99.5 cm³/mol. The summed E-state index contributed by atoms with van der Waals surface area (Å²) in [7, 11) is 0. The Hall–Kier alpha value is -1.22. The molecule has 8 heteroatoms. The molecule has 4 aliphatic heterocycles. The Bertz CT molecular complexity index is 544. The SMILES string of the molecule is [NH3+]C1CC2C(=O)NCC(CCC(=O)N3CCN(C4CCCC[NH2+]4)CC3)[NH+]2C1. The van der Waals surface area contributed by atoms with Crippen molar-refractivity contribution in [1.29, 1.82) is 0 Å². The number of nitrogens with one attached hydrogen (secondary N) is 2. The highest BCUT2D eigenvalue weighted by Gasteiger charge is 2.47. The van der Waals surface area contributed by atoms with Crippen LogP contribution in [0.4, 0.5) is 0 Å². The van der Waals surface area contributed by atoms with E-state index in [1.54, 1.807) is 0 Å². The van der Waals surface area contributed by atoms with E-state index >= 15 is 0 Å². The van der Waals surface area contributed by atoms with Gasteiger partial charge in [-0.2, -0.15) is 0 Å². The molecule has 0 aromatic carbocycles. The number of hydrogen-bond acceptors (Lipinski definition) is 3. The molecule has 4 saturated heterocycles. The molecule has 4 aliphatic rings. The molecule has 152 valence electrons. The Labute approximate surface area is 161 Å². The molecule has 0 saturated carbocycles. The largest absolute Gasteiger partial charge is 0.350 e. The number of quaternary nitrogens is 3. The van der Waals surface area contributed by atoms with Gasteiger partial charge in [0.15, 0.2) is 6.04 Å². The second-order valence-electron chi connectivity index (χ2n) is 8.92. The number of carbonyl (C=O) groups excluding carboxylic acids is 2. The first-order chi connectivity index (χ1) is 13.1. The van der Waals surface area contributed by atoms with Crippen molar-refractivity contribution < 1.29 is 25.5 Å². The van der Waals surface area contributed by atoms with E-state index in [2.05, 4.69) is 26.2 Å². The van der Waals surface area contributed by atoms with E-state index in [0.29, 0.717) is 37.1 Å². The third-order valence-corrected chi connectivity index (χ3v) is 7.14. The zero-order valence-corrected chi connectivity index (χ0v) is 16.5. The van der Waals surface area contributed by atoms with Crippen LogP contribution >= 0.6 is 0 Å². The normalized spacial score (nSPS) is 37.7. The maximum atomic E-state index is 12.7. The van der Waals surface area contributed by atoms with Crippen LogP contribution in [0.5, 0.6) is 0 Å².